The molecule has 0 amide bonds. The van der Waals surface area contributed by atoms with Crippen LogP contribution in [0.5, 0.6) is 0 Å². The maximum atomic E-state index is 9.16. The zero-order valence-electron chi connectivity index (χ0n) is 21.7. The summed E-state index contributed by atoms with van der Waals surface area (Å²) < 4.78 is 2.03. The summed E-state index contributed by atoms with van der Waals surface area (Å²) in [5, 5.41) is 13.6. The van der Waals surface area contributed by atoms with Crippen molar-refractivity contribution in [2.24, 2.45) is 52.3 Å². The number of rotatable bonds is 6. The highest BCUT2D eigenvalue weighted by atomic mass is 15.3. The van der Waals surface area contributed by atoms with Crippen LogP contribution in [0.4, 0.5) is 0 Å². The average molecular weight is 450 g/mol. The van der Waals surface area contributed by atoms with Gasteiger partial charge in [-0.1, -0.05) is 40.5 Å². The topological polar surface area (TPSA) is 41.6 Å². The van der Waals surface area contributed by atoms with Gasteiger partial charge < -0.3 is 0 Å². The number of aromatic nitrogens is 2. The molecule has 0 N–H and O–H groups in total. The van der Waals surface area contributed by atoms with E-state index in [2.05, 4.69) is 38.9 Å². The average Bonchev–Trinajstić information content (AvgIpc) is 3.42. The molecule has 0 bridgehead atoms. The van der Waals surface area contributed by atoms with Crippen molar-refractivity contribution in [3.05, 3.63) is 18.0 Å². The highest BCUT2D eigenvalue weighted by Gasteiger charge is 2.61. The Morgan fingerprint density at radius 1 is 1.12 bits per heavy atom. The van der Waals surface area contributed by atoms with Crippen LogP contribution in [0.3, 0.4) is 0 Å². The summed E-state index contributed by atoms with van der Waals surface area (Å²) in [6.45, 7) is 11.0. The van der Waals surface area contributed by atoms with E-state index in [9.17, 15) is 0 Å². The number of nitriles is 1. The molecule has 1 aromatic rings. The Kier molecular flexibility index (Phi) is 6.43. The lowest BCUT2D eigenvalue weighted by Gasteiger charge is -2.62. The predicted molar refractivity (Wildman–Crippen MR) is 134 cm³/mol. The monoisotopic (exact) mass is 449 g/mol. The Hall–Kier alpha value is -1.30. The third-order valence-corrected chi connectivity index (χ3v) is 11.8. The second-order valence-corrected chi connectivity index (χ2v) is 12.9. The van der Waals surface area contributed by atoms with Gasteiger partial charge >= 0.3 is 0 Å². The lowest BCUT2D eigenvalue weighted by Crippen LogP contribution is -2.54. The van der Waals surface area contributed by atoms with E-state index in [-0.39, 0.29) is 0 Å². The molecule has 182 valence electrons. The molecule has 3 heteroatoms. The van der Waals surface area contributed by atoms with Crippen LogP contribution in [0.15, 0.2) is 12.4 Å². The lowest BCUT2D eigenvalue weighted by molar-refractivity contribution is -0.132. The van der Waals surface area contributed by atoms with Crippen molar-refractivity contribution >= 4 is 0 Å². The third kappa shape index (κ3) is 3.79. The quantitative estimate of drug-likeness (QED) is 0.443. The summed E-state index contributed by atoms with van der Waals surface area (Å²) in [4.78, 5) is 0. The molecule has 0 spiro atoms. The molecule has 4 fully saturated rings. The summed E-state index contributed by atoms with van der Waals surface area (Å²) >= 11 is 0. The first kappa shape index (κ1) is 23.4. The minimum Gasteiger partial charge on any atom is -0.271 e. The summed E-state index contributed by atoms with van der Waals surface area (Å²) in [7, 11) is 0. The van der Waals surface area contributed by atoms with E-state index in [0.29, 0.717) is 22.3 Å². The van der Waals surface area contributed by atoms with Gasteiger partial charge in [-0.3, -0.25) is 4.68 Å². The van der Waals surface area contributed by atoms with Crippen LogP contribution in [-0.2, 0) is 6.54 Å². The van der Waals surface area contributed by atoms with Crippen molar-refractivity contribution in [3.8, 4) is 6.07 Å². The van der Waals surface area contributed by atoms with Crippen LogP contribution in [0, 0.1) is 63.6 Å². The molecule has 0 aliphatic heterocycles. The number of fused-ring (bicyclic) bond motifs is 5. The first-order valence-corrected chi connectivity index (χ1v) is 14.4. The molecule has 4 saturated carbocycles. The molecule has 0 saturated heterocycles. The van der Waals surface area contributed by atoms with Gasteiger partial charge in [0.2, 0.25) is 0 Å². The van der Waals surface area contributed by atoms with E-state index >= 15 is 0 Å². The van der Waals surface area contributed by atoms with E-state index < -0.39 is 0 Å². The fraction of sp³-hybridized carbons (Fsp3) is 0.867. The minimum atomic E-state index is 0.507. The van der Waals surface area contributed by atoms with Crippen molar-refractivity contribution < 1.29 is 0 Å². The Balaban J connectivity index is 1.32. The fourth-order valence-electron chi connectivity index (χ4n) is 10.4. The molecule has 0 aromatic carbocycles. The van der Waals surface area contributed by atoms with E-state index in [1.54, 1.807) is 12.6 Å². The lowest BCUT2D eigenvalue weighted by atomic mass is 9.42. The standard InChI is InChI=1S/C30H47N3/c1-5-7-22-12-15-30(6-2)24(16-22)8-9-25-27-11-10-26(29(27,4)14-13-28(25)30)21(3)19-33-20-23(17-31)18-32-33/h18,20-22,24-28H,5-16,19H2,1-4H3/t21-,22-,24+,25-,26?,27?,28?,29+,30-/m0/s1. The Labute approximate surface area is 202 Å². The molecule has 3 unspecified atom stereocenters. The molecular weight excluding hydrogens is 402 g/mol. The predicted octanol–water partition coefficient (Wildman–Crippen LogP) is 7.86. The highest BCUT2D eigenvalue weighted by Crippen LogP contribution is 2.69. The molecule has 33 heavy (non-hydrogen) atoms. The second-order valence-electron chi connectivity index (χ2n) is 12.9. The maximum Gasteiger partial charge on any atom is 0.102 e. The van der Waals surface area contributed by atoms with Crippen molar-refractivity contribution in [2.45, 2.75) is 111 Å². The summed E-state index contributed by atoms with van der Waals surface area (Å²) in [6.07, 6.45) is 21.3. The minimum absolute atomic E-state index is 0.507. The third-order valence-electron chi connectivity index (χ3n) is 11.8. The molecule has 4 aliphatic carbocycles. The molecular formula is C30H47N3. The highest BCUT2D eigenvalue weighted by molar-refractivity contribution is 5.21. The fourth-order valence-corrected chi connectivity index (χ4v) is 10.4. The molecule has 4 aliphatic rings. The largest absolute Gasteiger partial charge is 0.271 e. The summed E-state index contributed by atoms with van der Waals surface area (Å²) in [5.74, 6) is 6.38. The number of hydrogen-bond acceptors (Lipinski definition) is 2. The van der Waals surface area contributed by atoms with E-state index in [0.717, 1.165) is 42.1 Å². The summed E-state index contributed by atoms with van der Waals surface area (Å²) in [6, 6.07) is 2.23. The van der Waals surface area contributed by atoms with Crippen molar-refractivity contribution in [3.63, 3.8) is 0 Å². The van der Waals surface area contributed by atoms with Gasteiger partial charge in [0.25, 0.3) is 0 Å². The van der Waals surface area contributed by atoms with Crippen molar-refractivity contribution in [2.75, 3.05) is 0 Å². The second kappa shape index (κ2) is 9.05. The van der Waals surface area contributed by atoms with Crippen molar-refractivity contribution in [1.82, 2.24) is 9.78 Å². The van der Waals surface area contributed by atoms with Gasteiger partial charge in [0.05, 0.1) is 11.8 Å². The van der Waals surface area contributed by atoms with Gasteiger partial charge in [0.15, 0.2) is 0 Å². The van der Waals surface area contributed by atoms with Crippen LogP contribution in [0.1, 0.15) is 110 Å². The Morgan fingerprint density at radius 2 is 1.97 bits per heavy atom. The molecule has 3 nitrogen and oxygen atoms in total. The van der Waals surface area contributed by atoms with Gasteiger partial charge in [0.1, 0.15) is 6.07 Å². The van der Waals surface area contributed by atoms with Crippen LogP contribution in [0.25, 0.3) is 0 Å². The van der Waals surface area contributed by atoms with E-state index in [1.807, 2.05) is 10.9 Å². The Bertz CT molecular complexity index is 866. The van der Waals surface area contributed by atoms with E-state index in [4.69, 9.17) is 5.26 Å². The van der Waals surface area contributed by atoms with Gasteiger partial charge in [-0.25, -0.2) is 0 Å². The first-order chi connectivity index (χ1) is 15.9. The van der Waals surface area contributed by atoms with Gasteiger partial charge in [0, 0.05) is 12.7 Å². The van der Waals surface area contributed by atoms with Crippen LogP contribution >= 0.6 is 0 Å². The van der Waals surface area contributed by atoms with Crippen molar-refractivity contribution in [1.29, 1.82) is 5.26 Å². The summed E-state index contributed by atoms with van der Waals surface area (Å²) in [5.41, 5.74) is 1.86. The zero-order valence-corrected chi connectivity index (χ0v) is 21.7. The Morgan fingerprint density at radius 3 is 2.70 bits per heavy atom. The van der Waals surface area contributed by atoms with Crippen LogP contribution in [-0.4, -0.2) is 9.78 Å². The van der Waals surface area contributed by atoms with Gasteiger partial charge in [-0.05, 0) is 116 Å². The smallest absolute Gasteiger partial charge is 0.102 e. The molecule has 9 atom stereocenters. The van der Waals surface area contributed by atoms with E-state index in [1.165, 1.54) is 70.6 Å². The molecule has 1 aromatic heterocycles. The van der Waals surface area contributed by atoms with Gasteiger partial charge in [-0.2, -0.15) is 10.4 Å². The van der Waals surface area contributed by atoms with Gasteiger partial charge in [-0.15, -0.1) is 0 Å². The molecule has 1 heterocycles. The van der Waals surface area contributed by atoms with Crippen LogP contribution in [0.2, 0.25) is 0 Å². The number of nitrogens with zero attached hydrogens (tertiary/aromatic N) is 3. The van der Waals surface area contributed by atoms with Crippen LogP contribution < -0.4 is 0 Å². The zero-order chi connectivity index (χ0) is 23.2. The molecule has 0 radical (unpaired) electrons. The number of hydrogen-bond donors (Lipinski definition) is 0. The first-order valence-electron chi connectivity index (χ1n) is 14.4. The SMILES string of the molecule is CCC[C@H]1CC[C@]2(CC)C3CC[C@@]4(C)C(CCC4[C@@H](C)Cn4cc(C#N)cn4)[C@@H]3CC[C@@H]2C1. The maximum absolute atomic E-state index is 9.16. The molecule has 5 rings (SSSR count). The normalized spacial score (nSPS) is 43.2.